The number of benzene rings is 3. The summed E-state index contributed by atoms with van der Waals surface area (Å²) in [5.74, 6) is -0.421. The van der Waals surface area contributed by atoms with Crippen LogP contribution in [-0.4, -0.2) is 104 Å². The minimum atomic E-state index is -0.549. The van der Waals surface area contributed by atoms with Crippen molar-refractivity contribution in [1.82, 2.24) is 16.0 Å². The second-order valence-corrected chi connectivity index (χ2v) is 10.6. The number of nitro groups is 2. The predicted molar refractivity (Wildman–Crippen MR) is 212 cm³/mol. The first-order valence-corrected chi connectivity index (χ1v) is 16.1. The fraction of sp³-hybridized carbons (Fsp3) is 0.455. The first-order chi connectivity index (χ1) is 23.9. The van der Waals surface area contributed by atoms with E-state index in [1.165, 1.54) is 19.1 Å². The van der Waals surface area contributed by atoms with Gasteiger partial charge >= 0.3 is 0 Å². The molecule has 3 aromatic rings. The van der Waals surface area contributed by atoms with Crippen LogP contribution >= 0.6 is 24.8 Å². The zero-order chi connectivity index (χ0) is 37.7. The van der Waals surface area contributed by atoms with Crippen molar-refractivity contribution in [3.63, 3.8) is 0 Å². The van der Waals surface area contributed by atoms with Crippen molar-refractivity contribution >= 4 is 53.3 Å². The molecule has 16 nitrogen and oxygen atoms in total. The Hall–Kier alpha value is -3.91. The van der Waals surface area contributed by atoms with Crippen LogP contribution in [0.15, 0.2) is 54.6 Å². The van der Waals surface area contributed by atoms with Gasteiger partial charge in [0.1, 0.15) is 5.82 Å². The fourth-order valence-corrected chi connectivity index (χ4v) is 3.87. The number of nitrogens with zero attached hydrogens (tertiary/aromatic N) is 2. The zero-order valence-corrected chi connectivity index (χ0v) is 31.5. The van der Waals surface area contributed by atoms with Crippen molar-refractivity contribution < 1.29 is 29.6 Å². The van der Waals surface area contributed by atoms with E-state index in [2.05, 4.69) is 26.6 Å². The predicted octanol–water partition coefficient (Wildman–Crippen LogP) is 2.88. The number of nitrogen functional groups attached to an aromatic ring is 1. The van der Waals surface area contributed by atoms with Crippen molar-refractivity contribution in [2.24, 2.45) is 5.73 Å². The van der Waals surface area contributed by atoms with E-state index in [4.69, 9.17) is 26.8 Å². The summed E-state index contributed by atoms with van der Waals surface area (Å²) in [5, 5.41) is 61.5. The monoisotopic (exact) mass is 779 g/mol. The van der Waals surface area contributed by atoms with Gasteiger partial charge in [-0.1, -0.05) is 0 Å². The van der Waals surface area contributed by atoms with Crippen LogP contribution in [0.25, 0.3) is 0 Å². The van der Waals surface area contributed by atoms with Crippen LogP contribution < -0.4 is 38.1 Å². The van der Waals surface area contributed by atoms with Crippen LogP contribution in [0.4, 0.5) is 32.8 Å². The number of nitrogens with two attached hydrogens (primary N) is 2. The molecule has 3 rings (SSSR count). The van der Waals surface area contributed by atoms with Gasteiger partial charge in [0.2, 0.25) is 0 Å². The molecule has 0 aliphatic heterocycles. The molecule has 0 aromatic heterocycles. The normalized spacial score (nSPS) is 9.62. The van der Waals surface area contributed by atoms with E-state index >= 15 is 0 Å². The minimum Gasteiger partial charge on any atom is -0.399 e. The number of non-ortho nitro benzene ring substituents is 2. The van der Waals surface area contributed by atoms with Crippen LogP contribution in [0.2, 0.25) is 0 Å². The van der Waals surface area contributed by atoms with Crippen molar-refractivity contribution in [3.8, 4) is 0 Å². The molecule has 12 N–H and O–H groups in total. The number of nitro benzene ring substituents is 2. The lowest BCUT2D eigenvalue weighted by Crippen LogP contribution is -2.25. The Morgan fingerprint density at radius 3 is 1.40 bits per heavy atom. The summed E-state index contributed by atoms with van der Waals surface area (Å²) in [4.78, 5) is 19.7. The van der Waals surface area contributed by atoms with E-state index in [-0.39, 0.29) is 56.0 Å². The average Bonchev–Trinajstić information content (AvgIpc) is 3.08. The van der Waals surface area contributed by atoms with Crippen LogP contribution in [0, 0.1) is 46.8 Å². The molecule has 0 aliphatic rings. The second kappa shape index (κ2) is 33.0. The van der Waals surface area contributed by atoms with Gasteiger partial charge in [0, 0.05) is 100 Å². The summed E-state index contributed by atoms with van der Waals surface area (Å²) in [6.07, 6.45) is 0. The number of aliphatic hydroxyl groups is 3. The van der Waals surface area contributed by atoms with Gasteiger partial charge in [-0.3, -0.25) is 20.2 Å². The van der Waals surface area contributed by atoms with Crippen molar-refractivity contribution in [3.05, 3.63) is 97.3 Å². The van der Waals surface area contributed by atoms with Gasteiger partial charge in [0.05, 0.1) is 29.7 Å². The first kappa shape index (κ1) is 52.5. The van der Waals surface area contributed by atoms with E-state index in [1.54, 1.807) is 12.1 Å². The highest BCUT2D eigenvalue weighted by Gasteiger charge is 2.08. The molecule has 0 saturated carbocycles. The lowest BCUT2D eigenvalue weighted by Gasteiger charge is -2.10. The van der Waals surface area contributed by atoms with E-state index in [0.29, 0.717) is 38.3 Å². The first-order valence-electron chi connectivity index (χ1n) is 16.1. The molecule has 0 fully saturated rings. The summed E-state index contributed by atoms with van der Waals surface area (Å²) < 4.78 is 12.5. The molecule has 0 bridgehead atoms. The highest BCUT2D eigenvalue weighted by atomic mass is 35.5. The maximum atomic E-state index is 12.5. The number of aliphatic hydroxyl groups excluding tert-OH is 3. The number of hydrogen-bond donors (Lipinski definition) is 10. The third-order valence-corrected chi connectivity index (χ3v) is 6.44. The molecule has 0 aliphatic carbocycles. The number of anilines is 3. The Labute approximate surface area is 317 Å². The maximum absolute atomic E-state index is 12.5. The van der Waals surface area contributed by atoms with Gasteiger partial charge in [0.25, 0.3) is 11.4 Å². The van der Waals surface area contributed by atoms with E-state index in [1.807, 2.05) is 32.0 Å². The number of halogens is 3. The van der Waals surface area contributed by atoms with Gasteiger partial charge in [-0.15, -0.1) is 24.8 Å². The van der Waals surface area contributed by atoms with Gasteiger partial charge < -0.3 is 53.4 Å². The molecule has 0 unspecified atom stereocenters. The van der Waals surface area contributed by atoms with Gasteiger partial charge in [0.15, 0.2) is 0 Å². The second-order valence-electron chi connectivity index (χ2n) is 10.6. The molecule has 0 atom stereocenters. The van der Waals surface area contributed by atoms with Gasteiger partial charge in [-0.05, 0) is 67.8 Å². The minimum absolute atomic E-state index is 0. The number of hydrogen-bond acceptors (Lipinski definition) is 14. The Kier molecular flexibility index (Phi) is 33.2. The third kappa shape index (κ3) is 25.1. The highest BCUT2D eigenvalue weighted by molar-refractivity contribution is 5.85. The summed E-state index contributed by atoms with van der Waals surface area (Å²) in [6, 6.07) is 14.0. The smallest absolute Gasteiger partial charge is 0.269 e. The quantitative estimate of drug-likeness (QED) is 0.0386. The lowest BCUT2D eigenvalue weighted by molar-refractivity contribution is -0.385. The molecular weight excluding hydrogens is 724 g/mol. The summed E-state index contributed by atoms with van der Waals surface area (Å²) >= 11 is 0. The molecule has 3 aromatic carbocycles. The molecule has 52 heavy (non-hydrogen) atoms. The van der Waals surface area contributed by atoms with Crippen LogP contribution in [0.1, 0.15) is 16.7 Å². The molecule has 0 spiro atoms. The van der Waals surface area contributed by atoms with Crippen LogP contribution in [0.5, 0.6) is 0 Å². The Balaban J connectivity index is -0.000000633. The highest BCUT2D eigenvalue weighted by Crippen LogP contribution is 2.21. The molecular formula is C33H56Cl2FN9O7. The summed E-state index contributed by atoms with van der Waals surface area (Å²) in [5.41, 5.74) is 15.9. The Morgan fingerprint density at radius 2 is 1.02 bits per heavy atom. The molecule has 19 heteroatoms. The van der Waals surface area contributed by atoms with Crippen molar-refractivity contribution in [2.45, 2.75) is 20.8 Å². The Morgan fingerprint density at radius 1 is 0.615 bits per heavy atom. The standard InChI is InChI=1S/C11H17N3O3.C11H19N3O.C7H6FNO2.C4H12N2O.2ClH/c1-9-8-10(14(16)17)2-3-11(9)13-5-4-12-6-7-15;1-9-8-10(12)2-3-11(9)14-5-4-13-6-7-15;1-5-4-6(9(10)11)2-3-7(5)8;5-1-2-6-3-4-7;;/h2-3,8,12-13,15H,4-7H2,1H3;2-3,8,13-15H,4-7,12H2,1H3;2-4H,1H3;6-7H,1-5H2;2*1H. The van der Waals surface area contributed by atoms with Crippen LogP contribution in [0.3, 0.4) is 0 Å². The van der Waals surface area contributed by atoms with Crippen molar-refractivity contribution in [2.75, 3.05) is 95.1 Å². The molecule has 296 valence electrons. The SMILES string of the molecule is Cc1cc(N)ccc1NCCNCCO.Cc1cc([N+](=O)[O-])ccc1F.Cc1cc([N+](=O)[O-])ccc1NCCNCCO.Cl.Cl.NCCNCCO. The lowest BCUT2D eigenvalue weighted by atomic mass is 10.2. The van der Waals surface area contributed by atoms with E-state index in [9.17, 15) is 24.6 Å². The van der Waals surface area contributed by atoms with Gasteiger partial charge in [-0.25, -0.2) is 4.39 Å². The van der Waals surface area contributed by atoms with Crippen LogP contribution in [-0.2, 0) is 0 Å². The Bertz CT molecular complexity index is 1400. The summed E-state index contributed by atoms with van der Waals surface area (Å²) in [7, 11) is 0. The third-order valence-electron chi connectivity index (χ3n) is 6.44. The molecule has 0 amide bonds. The number of nitrogens with one attached hydrogen (secondary N) is 5. The maximum Gasteiger partial charge on any atom is 0.269 e. The zero-order valence-electron chi connectivity index (χ0n) is 29.9. The molecule has 0 heterocycles. The fourth-order valence-electron chi connectivity index (χ4n) is 3.87. The number of rotatable bonds is 18. The average molecular weight is 781 g/mol. The number of aryl methyl sites for hydroxylation is 3. The molecule has 0 radical (unpaired) electrons. The largest absolute Gasteiger partial charge is 0.399 e. The summed E-state index contributed by atoms with van der Waals surface area (Å²) in [6.45, 7) is 12.3. The van der Waals surface area contributed by atoms with Gasteiger partial charge in [-0.2, -0.15) is 0 Å². The molecule has 0 saturated heterocycles. The van der Waals surface area contributed by atoms with E-state index in [0.717, 1.165) is 66.5 Å². The van der Waals surface area contributed by atoms with E-state index < -0.39 is 15.7 Å². The topological polar surface area (TPSA) is 259 Å². The van der Waals surface area contributed by atoms with Crippen molar-refractivity contribution in [1.29, 1.82) is 0 Å².